The third kappa shape index (κ3) is 4.96. The second kappa shape index (κ2) is 8.34. The first-order valence-electron chi connectivity index (χ1n) is 7.76. The summed E-state index contributed by atoms with van der Waals surface area (Å²) in [5.74, 6) is 1.03. The van der Waals surface area contributed by atoms with E-state index in [1.54, 1.807) is 24.5 Å². The van der Waals surface area contributed by atoms with Crippen LogP contribution in [-0.4, -0.2) is 49.2 Å². The number of phenolic OH excluding ortho intramolecular Hbond substituents is 1. The molecule has 0 bridgehead atoms. The van der Waals surface area contributed by atoms with Crippen molar-refractivity contribution < 1.29 is 9.84 Å². The van der Waals surface area contributed by atoms with E-state index in [2.05, 4.69) is 42.3 Å². The van der Waals surface area contributed by atoms with Crippen LogP contribution in [0.2, 0.25) is 0 Å². The van der Waals surface area contributed by atoms with E-state index >= 15 is 0 Å². The molecule has 1 aromatic heterocycles. The average Bonchev–Trinajstić information content (AvgIpc) is 2.91. The smallest absolute Gasteiger partial charge is 0.127 e. The first kappa shape index (κ1) is 17.8. The fourth-order valence-electron chi connectivity index (χ4n) is 2.45. The number of nitrogens with zero attached hydrogens (tertiary/aromatic N) is 2. The minimum atomic E-state index is 0.294. The summed E-state index contributed by atoms with van der Waals surface area (Å²) in [4.78, 5) is 5.91. The maximum absolute atomic E-state index is 10.2. The predicted octanol–water partition coefficient (Wildman–Crippen LogP) is 3.33. The van der Waals surface area contributed by atoms with E-state index in [1.165, 1.54) is 10.4 Å². The Morgan fingerprint density at radius 1 is 1.13 bits per heavy atom. The van der Waals surface area contributed by atoms with Gasteiger partial charge in [0.1, 0.15) is 11.5 Å². The van der Waals surface area contributed by atoms with Crippen LogP contribution in [0.15, 0.2) is 29.6 Å². The summed E-state index contributed by atoms with van der Waals surface area (Å²) in [7, 11) is 5.80. The molecule has 0 atom stereocenters. The lowest BCUT2D eigenvalue weighted by molar-refractivity contribution is 0.222. The predicted molar refractivity (Wildman–Crippen MR) is 96.4 cm³/mol. The Morgan fingerprint density at radius 2 is 1.91 bits per heavy atom. The minimum absolute atomic E-state index is 0.294. The van der Waals surface area contributed by atoms with E-state index in [9.17, 15) is 5.11 Å². The number of aryl methyl sites for hydroxylation is 1. The lowest BCUT2D eigenvalue weighted by Gasteiger charge is -2.25. The van der Waals surface area contributed by atoms with Crippen LogP contribution < -0.4 is 4.74 Å². The summed E-state index contributed by atoms with van der Waals surface area (Å²) < 4.78 is 5.42. The SMILES string of the molecule is COc1cccc(O)c1CN(CCN(C)C)Cc1sccc1C. The zero-order valence-corrected chi connectivity index (χ0v) is 15.2. The first-order valence-corrected chi connectivity index (χ1v) is 8.64. The van der Waals surface area contributed by atoms with Gasteiger partial charge in [0, 0.05) is 36.6 Å². The summed E-state index contributed by atoms with van der Waals surface area (Å²) in [6.45, 7) is 5.61. The molecule has 2 aromatic rings. The van der Waals surface area contributed by atoms with Gasteiger partial charge in [-0.3, -0.25) is 4.90 Å². The van der Waals surface area contributed by atoms with Gasteiger partial charge in [0.05, 0.1) is 7.11 Å². The molecular weight excluding hydrogens is 308 g/mol. The molecule has 23 heavy (non-hydrogen) atoms. The van der Waals surface area contributed by atoms with Gasteiger partial charge in [-0.25, -0.2) is 0 Å². The summed E-state index contributed by atoms with van der Waals surface area (Å²) in [5, 5.41) is 12.3. The van der Waals surface area contributed by atoms with Gasteiger partial charge in [-0.1, -0.05) is 6.07 Å². The molecule has 0 amide bonds. The first-order chi connectivity index (χ1) is 11.0. The van der Waals surface area contributed by atoms with Gasteiger partial charge >= 0.3 is 0 Å². The van der Waals surface area contributed by atoms with Crippen molar-refractivity contribution in [2.75, 3.05) is 34.3 Å². The maximum Gasteiger partial charge on any atom is 0.127 e. The Morgan fingerprint density at radius 3 is 2.52 bits per heavy atom. The molecule has 0 saturated carbocycles. The van der Waals surface area contributed by atoms with Crippen molar-refractivity contribution >= 4 is 11.3 Å². The summed E-state index contributed by atoms with van der Waals surface area (Å²) in [5.41, 5.74) is 2.18. The molecule has 0 fully saturated rings. The van der Waals surface area contributed by atoms with E-state index in [0.717, 1.165) is 30.9 Å². The van der Waals surface area contributed by atoms with Crippen molar-refractivity contribution in [1.82, 2.24) is 9.80 Å². The number of aromatic hydroxyl groups is 1. The Labute approximate surface area is 142 Å². The molecule has 1 N–H and O–H groups in total. The molecule has 1 aromatic carbocycles. The zero-order chi connectivity index (χ0) is 16.8. The van der Waals surface area contributed by atoms with Gasteiger partial charge in [-0.05, 0) is 50.2 Å². The van der Waals surface area contributed by atoms with Crippen LogP contribution in [0.4, 0.5) is 0 Å². The van der Waals surface area contributed by atoms with E-state index in [-0.39, 0.29) is 0 Å². The number of ether oxygens (including phenoxy) is 1. The van der Waals surface area contributed by atoms with Crippen molar-refractivity contribution in [3.05, 3.63) is 45.6 Å². The molecule has 1 heterocycles. The molecule has 0 spiro atoms. The number of hydrogen-bond donors (Lipinski definition) is 1. The Kier molecular flexibility index (Phi) is 6.45. The number of rotatable bonds is 8. The highest BCUT2D eigenvalue weighted by Gasteiger charge is 2.15. The number of benzene rings is 1. The summed E-state index contributed by atoms with van der Waals surface area (Å²) in [6.07, 6.45) is 0. The van der Waals surface area contributed by atoms with Crippen LogP contribution in [0, 0.1) is 6.92 Å². The third-order valence-electron chi connectivity index (χ3n) is 3.91. The number of phenols is 1. The van der Waals surface area contributed by atoms with Crippen molar-refractivity contribution in [3.8, 4) is 11.5 Å². The molecule has 0 aliphatic carbocycles. The van der Waals surface area contributed by atoms with Crippen molar-refractivity contribution in [1.29, 1.82) is 0 Å². The standard InChI is InChI=1S/C18H26N2O2S/c1-14-8-11-23-18(14)13-20(10-9-19(2)3)12-15-16(21)6-5-7-17(15)22-4/h5-8,11,21H,9-10,12-13H2,1-4H3. The molecule has 0 aliphatic rings. The molecule has 4 nitrogen and oxygen atoms in total. The molecular formula is C18H26N2O2S. The fourth-order valence-corrected chi connectivity index (χ4v) is 3.40. The third-order valence-corrected chi connectivity index (χ3v) is 4.92. The molecule has 0 radical (unpaired) electrons. The second-order valence-electron chi connectivity index (χ2n) is 6.00. The van der Waals surface area contributed by atoms with E-state index in [1.807, 2.05) is 12.1 Å². The normalized spacial score (nSPS) is 11.4. The number of likely N-dealkylation sites (N-methyl/N-ethyl adjacent to an activating group) is 1. The summed E-state index contributed by atoms with van der Waals surface area (Å²) in [6, 6.07) is 7.59. The van der Waals surface area contributed by atoms with Crippen LogP contribution in [0.1, 0.15) is 16.0 Å². The molecule has 0 saturated heterocycles. The Bertz CT molecular complexity index is 625. The lowest BCUT2D eigenvalue weighted by Crippen LogP contribution is -2.31. The fraction of sp³-hybridized carbons (Fsp3) is 0.444. The summed E-state index contributed by atoms with van der Waals surface area (Å²) >= 11 is 1.79. The highest BCUT2D eigenvalue weighted by atomic mass is 32.1. The Hall–Kier alpha value is -1.56. The van der Waals surface area contributed by atoms with E-state index in [4.69, 9.17) is 4.74 Å². The van der Waals surface area contributed by atoms with Crippen molar-refractivity contribution in [2.24, 2.45) is 0 Å². The highest BCUT2D eigenvalue weighted by molar-refractivity contribution is 7.10. The van der Waals surface area contributed by atoms with Gasteiger partial charge in [0.2, 0.25) is 0 Å². The van der Waals surface area contributed by atoms with Gasteiger partial charge in [0.25, 0.3) is 0 Å². The van der Waals surface area contributed by atoms with E-state index < -0.39 is 0 Å². The van der Waals surface area contributed by atoms with Crippen LogP contribution >= 0.6 is 11.3 Å². The molecule has 2 rings (SSSR count). The van der Waals surface area contributed by atoms with E-state index in [0.29, 0.717) is 12.3 Å². The molecule has 126 valence electrons. The number of thiophene rings is 1. The lowest BCUT2D eigenvalue weighted by atomic mass is 10.1. The van der Waals surface area contributed by atoms with Crippen molar-refractivity contribution in [3.63, 3.8) is 0 Å². The quantitative estimate of drug-likeness (QED) is 0.803. The number of hydrogen-bond acceptors (Lipinski definition) is 5. The van der Waals surface area contributed by atoms with Gasteiger partial charge in [-0.2, -0.15) is 0 Å². The average molecular weight is 334 g/mol. The molecule has 5 heteroatoms. The van der Waals surface area contributed by atoms with Gasteiger partial charge in [0.15, 0.2) is 0 Å². The van der Waals surface area contributed by atoms with Crippen LogP contribution in [-0.2, 0) is 13.1 Å². The monoisotopic (exact) mass is 334 g/mol. The highest BCUT2D eigenvalue weighted by Crippen LogP contribution is 2.29. The van der Waals surface area contributed by atoms with Crippen LogP contribution in [0.5, 0.6) is 11.5 Å². The minimum Gasteiger partial charge on any atom is -0.507 e. The maximum atomic E-state index is 10.2. The van der Waals surface area contributed by atoms with Gasteiger partial charge in [-0.15, -0.1) is 11.3 Å². The largest absolute Gasteiger partial charge is 0.507 e. The van der Waals surface area contributed by atoms with Crippen molar-refractivity contribution in [2.45, 2.75) is 20.0 Å². The Balaban J connectivity index is 2.18. The topological polar surface area (TPSA) is 35.9 Å². The second-order valence-corrected chi connectivity index (χ2v) is 7.00. The van der Waals surface area contributed by atoms with Crippen LogP contribution in [0.25, 0.3) is 0 Å². The van der Waals surface area contributed by atoms with Gasteiger partial charge < -0.3 is 14.7 Å². The molecule has 0 unspecified atom stereocenters. The molecule has 0 aliphatic heterocycles. The zero-order valence-electron chi connectivity index (χ0n) is 14.4. The van der Waals surface area contributed by atoms with Crippen LogP contribution in [0.3, 0.4) is 0 Å². The number of methoxy groups -OCH3 is 1.